The lowest BCUT2D eigenvalue weighted by atomic mass is 10.2. The number of anilines is 2. The van der Waals surface area contributed by atoms with E-state index < -0.39 is 10.0 Å². The maximum absolute atomic E-state index is 12.6. The highest BCUT2D eigenvalue weighted by Gasteiger charge is 2.24. The van der Waals surface area contributed by atoms with Gasteiger partial charge >= 0.3 is 0 Å². The molecule has 106 valence electrons. The van der Waals surface area contributed by atoms with Gasteiger partial charge in [0.2, 0.25) is 0 Å². The average Bonchev–Trinajstić information content (AvgIpc) is 2.38. The van der Waals surface area contributed by atoms with Crippen molar-refractivity contribution in [3.8, 4) is 0 Å². The first-order chi connectivity index (χ1) is 9.34. The summed E-state index contributed by atoms with van der Waals surface area (Å²) in [5.74, 6) is 0. The molecule has 0 aliphatic heterocycles. The molecule has 2 aromatic carbocycles. The van der Waals surface area contributed by atoms with Crippen molar-refractivity contribution in [2.75, 3.05) is 17.1 Å². The molecule has 2 N–H and O–H groups in total. The van der Waals surface area contributed by atoms with Gasteiger partial charge in [0.25, 0.3) is 10.0 Å². The molecule has 0 aliphatic carbocycles. The maximum atomic E-state index is 12.6. The van der Waals surface area contributed by atoms with Gasteiger partial charge in [-0.05, 0) is 36.8 Å². The molecule has 2 aromatic rings. The predicted molar refractivity (Wildman–Crippen MR) is 85.3 cm³/mol. The molecule has 0 heterocycles. The summed E-state index contributed by atoms with van der Waals surface area (Å²) in [5, 5.41) is 0. The van der Waals surface area contributed by atoms with Gasteiger partial charge in [-0.25, -0.2) is 8.42 Å². The Labute approximate surface area is 127 Å². The zero-order valence-corrected chi connectivity index (χ0v) is 13.6. The number of aryl methyl sites for hydroxylation is 1. The lowest BCUT2D eigenvalue weighted by molar-refractivity contribution is 0.594. The van der Waals surface area contributed by atoms with Gasteiger partial charge in [-0.3, -0.25) is 4.31 Å². The standard InChI is InChI=1S/C14H15BrN2O2S/c1-10-5-3-4-6-13(10)17(2)20(18,19)14-8-7-11(15)9-12(14)16/h3-9H,16H2,1-2H3. The molecule has 0 saturated carbocycles. The zero-order chi connectivity index (χ0) is 14.9. The fourth-order valence-electron chi connectivity index (χ4n) is 1.95. The second-order valence-corrected chi connectivity index (χ2v) is 7.29. The average molecular weight is 355 g/mol. The highest BCUT2D eigenvalue weighted by molar-refractivity contribution is 9.10. The smallest absolute Gasteiger partial charge is 0.266 e. The number of nitrogens with two attached hydrogens (primary N) is 1. The Hall–Kier alpha value is -1.53. The van der Waals surface area contributed by atoms with Crippen LogP contribution in [0.5, 0.6) is 0 Å². The fourth-order valence-corrected chi connectivity index (χ4v) is 3.68. The summed E-state index contributed by atoms with van der Waals surface area (Å²) in [6.45, 7) is 1.87. The summed E-state index contributed by atoms with van der Waals surface area (Å²) in [4.78, 5) is 0.103. The Morgan fingerprint density at radius 2 is 1.80 bits per heavy atom. The Morgan fingerprint density at radius 1 is 1.15 bits per heavy atom. The molecule has 2 rings (SSSR count). The molecule has 0 radical (unpaired) electrons. The molecule has 0 amide bonds. The number of rotatable bonds is 3. The van der Waals surface area contributed by atoms with Crippen LogP contribution in [0.2, 0.25) is 0 Å². The first-order valence-corrected chi connectivity index (χ1v) is 8.17. The van der Waals surface area contributed by atoms with Crippen LogP contribution in [0.4, 0.5) is 11.4 Å². The summed E-state index contributed by atoms with van der Waals surface area (Å²) in [5.41, 5.74) is 7.57. The lowest BCUT2D eigenvalue weighted by Gasteiger charge is -2.22. The first-order valence-electron chi connectivity index (χ1n) is 5.93. The molecule has 0 aliphatic rings. The van der Waals surface area contributed by atoms with Crippen LogP contribution in [0, 0.1) is 6.92 Å². The van der Waals surface area contributed by atoms with Crippen molar-refractivity contribution < 1.29 is 8.42 Å². The van der Waals surface area contributed by atoms with E-state index in [0.29, 0.717) is 5.69 Å². The van der Waals surface area contributed by atoms with Crippen LogP contribution in [0.3, 0.4) is 0 Å². The third-order valence-electron chi connectivity index (χ3n) is 3.06. The van der Waals surface area contributed by atoms with Crippen molar-refractivity contribution in [3.05, 3.63) is 52.5 Å². The minimum atomic E-state index is -3.67. The topological polar surface area (TPSA) is 63.4 Å². The molecule has 0 bridgehead atoms. The molecular weight excluding hydrogens is 340 g/mol. The van der Waals surface area contributed by atoms with E-state index >= 15 is 0 Å². The number of benzene rings is 2. The van der Waals surface area contributed by atoms with Crippen LogP contribution >= 0.6 is 15.9 Å². The Bertz CT molecular complexity index is 745. The Balaban J connectivity index is 2.53. The largest absolute Gasteiger partial charge is 0.398 e. The van der Waals surface area contributed by atoms with Gasteiger partial charge < -0.3 is 5.73 Å². The predicted octanol–water partition coefficient (Wildman–Crippen LogP) is 3.16. The van der Waals surface area contributed by atoms with Gasteiger partial charge in [0, 0.05) is 11.5 Å². The van der Waals surface area contributed by atoms with Crippen LogP contribution in [0.15, 0.2) is 51.8 Å². The summed E-state index contributed by atoms with van der Waals surface area (Å²) < 4.78 is 27.3. The second-order valence-electron chi connectivity index (χ2n) is 4.44. The molecule has 20 heavy (non-hydrogen) atoms. The van der Waals surface area contributed by atoms with E-state index in [1.165, 1.54) is 17.4 Å². The summed E-state index contributed by atoms with van der Waals surface area (Å²) in [6.07, 6.45) is 0. The van der Waals surface area contributed by atoms with Crippen molar-refractivity contribution in [3.63, 3.8) is 0 Å². The van der Waals surface area contributed by atoms with Crippen molar-refractivity contribution in [1.29, 1.82) is 0 Å². The summed E-state index contributed by atoms with van der Waals surface area (Å²) in [6, 6.07) is 12.1. The van der Waals surface area contributed by atoms with Crippen LogP contribution in [-0.2, 0) is 10.0 Å². The highest BCUT2D eigenvalue weighted by Crippen LogP contribution is 2.29. The van der Waals surface area contributed by atoms with Gasteiger partial charge in [-0.1, -0.05) is 34.1 Å². The van der Waals surface area contributed by atoms with E-state index in [4.69, 9.17) is 5.73 Å². The number of nitrogens with zero attached hydrogens (tertiary/aromatic N) is 1. The van der Waals surface area contributed by atoms with Crippen molar-refractivity contribution in [2.24, 2.45) is 0 Å². The number of nitrogen functional groups attached to an aromatic ring is 1. The quantitative estimate of drug-likeness (QED) is 0.861. The Kier molecular flexibility index (Phi) is 4.06. The van der Waals surface area contributed by atoms with Gasteiger partial charge in [-0.15, -0.1) is 0 Å². The number of hydrogen-bond donors (Lipinski definition) is 1. The van der Waals surface area contributed by atoms with E-state index in [2.05, 4.69) is 15.9 Å². The van der Waals surface area contributed by atoms with Gasteiger partial charge in [0.05, 0.1) is 11.4 Å². The van der Waals surface area contributed by atoms with E-state index in [9.17, 15) is 8.42 Å². The maximum Gasteiger partial charge on any atom is 0.266 e. The monoisotopic (exact) mass is 354 g/mol. The molecule has 0 fully saturated rings. The van der Waals surface area contributed by atoms with Gasteiger partial charge in [0.1, 0.15) is 4.90 Å². The van der Waals surface area contributed by atoms with Crippen molar-refractivity contribution in [1.82, 2.24) is 0 Å². The minimum Gasteiger partial charge on any atom is -0.398 e. The summed E-state index contributed by atoms with van der Waals surface area (Å²) >= 11 is 3.27. The van der Waals surface area contributed by atoms with Gasteiger partial charge in [-0.2, -0.15) is 0 Å². The fraction of sp³-hybridized carbons (Fsp3) is 0.143. The Morgan fingerprint density at radius 3 is 2.40 bits per heavy atom. The zero-order valence-electron chi connectivity index (χ0n) is 11.2. The van der Waals surface area contributed by atoms with Crippen LogP contribution in [0.25, 0.3) is 0 Å². The normalized spacial score (nSPS) is 11.3. The van der Waals surface area contributed by atoms with Crippen LogP contribution < -0.4 is 10.0 Å². The number of hydrogen-bond acceptors (Lipinski definition) is 3. The third-order valence-corrected chi connectivity index (χ3v) is 5.40. The highest BCUT2D eigenvalue weighted by atomic mass is 79.9. The first kappa shape index (κ1) is 14.9. The molecule has 0 atom stereocenters. The van der Waals surface area contributed by atoms with E-state index in [1.807, 2.05) is 19.1 Å². The van der Waals surface area contributed by atoms with Crippen molar-refractivity contribution >= 4 is 37.3 Å². The molecule has 6 heteroatoms. The number of sulfonamides is 1. The molecule has 0 saturated heterocycles. The van der Waals surface area contributed by atoms with Crippen LogP contribution in [0.1, 0.15) is 5.56 Å². The SMILES string of the molecule is Cc1ccccc1N(C)S(=O)(=O)c1ccc(Br)cc1N. The van der Waals surface area contributed by atoms with E-state index in [0.717, 1.165) is 10.0 Å². The number of para-hydroxylation sites is 1. The minimum absolute atomic E-state index is 0.103. The molecule has 0 unspecified atom stereocenters. The van der Waals surface area contributed by atoms with E-state index in [1.54, 1.807) is 24.3 Å². The van der Waals surface area contributed by atoms with Crippen LogP contribution in [-0.4, -0.2) is 15.5 Å². The second kappa shape index (κ2) is 5.46. The van der Waals surface area contributed by atoms with Gasteiger partial charge in [0.15, 0.2) is 0 Å². The number of halogens is 1. The summed E-state index contributed by atoms with van der Waals surface area (Å²) in [7, 11) is -2.15. The third kappa shape index (κ3) is 2.66. The molecule has 0 spiro atoms. The van der Waals surface area contributed by atoms with E-state index in [-0.39, 0.29) is 10.6 Å². The lowest BCUT2D eigenvalue weighted by Crippen LogP contribution is -2.27. The van der Waals surface area contributed by atoms with Crippen molar-refractivity contribution in [2.45, 2.75) is 11.8 Å². The molecule has 0 aromatic heterocycles. The molecule has 4 nitrogen and oxygen atoms in total. The molecular formula is C14H15BrN2O2S.